The van der Waals surface area contributed by atoms with E-state index >= 15 is 0 Å². The Morgan fingerprint density at radius 3 is 2.89 bits per heavy atom. The molecule has 0 saturated heterocycles. The number of pyridine rings is 1. The summed E-state index contributed by atoms with van der Waals surface area (Å²) in [5.41, 5.74) is 1.26. The van der Waals surface area contributed by atoms with Crippen LogP contribution in [0.4, 0.5) is 0 Å². The van der Waals surface area contributed by atoms with Gasteiger partial charge in [-0.1, -0.05) is 23.7 Å². The van der Waals surface area contributed by atoms with Gasteiger partial charge in [0, 0.05) is 26.0 Å². The Labute approximate surface area is 116 Å². The Morgan fingerprint density at radius 2 is 2.21 bits per heavy atom. The van der Waals surface area contributed by atoms with Crippen LogP contribution in [0.1, 0.15) is 15.9 Å². The molecule has 98 valence electrons. The monoisotopic (exact) mass is 276 g/mol. The second kappa shape index (κ2) is 5.71. The molecule has 2 aromatic rings. The number of phenolic OH excluding ortho intramolecular Hbond substituents is 1. The van der Waals surface area contributed by atoms with Crippen molar-refractivity contribution >= 4 is 17.5 Å². The van der Waals surface area contributed by atoms with Gasteiger partial charge in [-0.3, -0.25) is 9.78 Å². The number of amides is 1. The van der Waals surface area contributed by atoms with E-state index in [1.807, 2.05) is 6.07 Å². The number of carbonyl (C=O) groups excluding carboxylic acids is 1. The van der Waals surface area contributed by atoms with Crippen LogP contribution in [0.3, 0.4) is 0 Å². The molecular formula is C14H13ClN2O2. The third-order valence-electron chi connectivity index (χ3n) is 2.68. The first kappa shape index (κ1) is 13.4. The first-order chi connectivity index (χ1) is 9.08. The van der Waals surface area contributed by atoms with Gasteiger partial charge in [0.05, 0.1) is 10.6 Å². The molecular weight excluding hydrogens is 264 g/mol. The molecule has 1 aromatic carbocycles. The summed E-state index contributed by atoms with van der Waals surface area (Å²) in [6, 6.07) is 8.38. The van der Waals surface area contributed by atoms with Crippen LogP contribution in [-0.2, 0) is 6.54 Å². The summed E-state index contributed by atoms with van der Waals surface area (Å²) < 4.78 is 0. The molecule has 0 aliphatic carbocycles. The third-order valence-corrected chi connectivity index (χ3v) is 2.98. The Morgan fingerprint density at radius 1 is 1.42 bits per heavy atom. The molecule has 0 aliphatic rings. The number of hydrogen-bond donors (Lipinski definition) is 1. The summed E-state index contributed by atoms with van der Waals surface area (Å²) in [6.07, 6.45) is 2.97. The van der Waals surface area contributed by atoms with Crippen LogP contribution in [-0.4, -0.2) is 27.9 Å². The molecule has 0 radical (unpaired) electrons. The van der Waals surface area contributed by atoms with E-state index in [2.05, 4.69) is 4.98 Å². The molecule has 1 N–H and O–H groups in total. The van der Waals surface area contributed by atoms with Gasteiger partial charge in [-0.15, -0.1) is 0 Å². The van der Waals surface area contributed by atoms with Gasteiger partial charge >= 0.3 is 0 Å². The van der Waals surface area contributed by atoms with Gasteiger partial charge in [0.1, 0.15) is 5.75 Å². The highest BCUT2D eigenvalue weighted by molar-refractivity contribution is 6.33. The molecule has 0 bridgehead atoms. The lowest BCUT2D eigenvalue weighted by Gasteiger charge is -2.18. The molecule has 1 heterocycles. The van der Waals surface area contributed by atoms with E-state index in [1.54, 1.807) is 31.3 Å². The van der Waals surface area contributed by atoms with Gasteiger partial charge in [-0.2, -0.15) is 0 Å². The van der Waals surface area contributed by atoms with Crippen molar-refractivity contribution in [3.63, 3.8) is 0 Å². The average Bonchev–Trinajstić information content (AvgIpc) is 2.38. The molecule has 1 aromatic heterocycles. The van der Waals surface area contributed by atoms with E-state index < -0.39 is 0 Å². The highest BCUT2D eigenvalue weighted by atomic mass is 35.5. The summed E-state index contributed by atoms with van der Waals surface area (Å²) in [7, 11) is 1.68. The van der Waals surface area contributed by atoms with Crippen molar-refractivity contribution in [2.45, 2.75) is 6.54 Å². The van der Waals surface area contributed by atoms with Crippen LogP contribution in [0.25, 0.3) is 0 Å². The summed E-state index contributed by atoms with van der Waals surface area (Å²) in [4.78, 5) is 17.6. The second-order valence-corrected chi connectivity index (χ2v) is 4.59. The minimum Gasteiger partial charge on any atom is -0.508 e. The van der Waals surface area contributed by atoms with Crippen LogP contribution in [0.2, 0.25) is 5.02 Å². The summed E-state index contributed by atoms with van der Waals surface area (Å²) in [5, 5.41) is 9.72. The Kier molecular flexibility index (Phi) is 4.02. The fourth-order valence-electron chi connectivity index (χ4n) is 1.75. The van der Waals surface area contributed by atoms with Crippen LogP contribution < -0.4 is 0 Å². The Bertz CT molecular complexity index is 602. The van der Waals surface area contributed by atoms with Crippen molar-refractivity contribution in [1.29, 1.82) is 0 Å². The van der Waals surface area contributed by atoms with Gasteiger partial charge in [-0.05, 0) is 23.8 Å². The minimum absolute atomic E-state index is 0.181. The average molecular weight is 277 g/mol. The number of benzene rings is 1. The minimum atomic E-state index is -0.184. The number of aromatic hydroxyl groups is 1. The molecule has 19 heavy (non-hydrogen) atoms. The normalized spacial score (nSPS) is 10.2. The van der Waals surface area contributed by atoms with Crippen molar-refractivity contribution in [1.82, 2.24) is 9.88 Å². The first-order valence-corrected chi connectivity index (χ1v) is 6.08. The number of hydrogen-bond acceptors (Lipinski definition) is 3. The molecule has 5 heteroatoms. The quantitative estimate of drug-likeness (QED) is 0.938. The number of aromatic nitrogens is 1. The van der Waals surface area contributed by atoms with E-state index in [0.29, 0.717) is 17.1 Å². The fraction of sp³-hybridized carbons (Fsp3) is 0.143. The van der Waals surface area contributed by atoms with E-state index in [-0.39, 0.29) is 11.7 Å². The molecule has 0 saturated carbocycles. The molecule has 4 nitrogen and oxygen atoms in total. The van der Waals surface area contributed by atoms with Gasteiger partial charge in [0.25, 0.3) is 5.91 Å². The number of carbonyl (C=O) groups is 1. The second-order valence-electron chi connectivity index (χ2n) is 4.19. The molecule has 2 rings (SSSR count). The standard InChI is InChI=1S/C14H13ClN2O2/c1-17(9-10-3-2-4-11(18)7-10)14(19)12-5-6-16-8-13(12)15/h2-8,18H,9H2,1H3. The summed E-state index contributed by atoms with van der Waals surface area (Å²) >= 11 is 5.94. The van der Waals surface area contributed by atoms with Crippen molar-refractivity contribution in [2.24, 2.45) is 0 Å². The van der Waals surface area contributed by atoms with Crippen LogP contribution >= 0.6 is 11.6 Å². The van der Waals surface area contributed by atoms with Gasteiger partial charge in [0.15, 0.2) is 0 Å². The lowest BCUT2D eigenvalue weighted by atomic mass is 10.2. The maximum Gasteiger partial charge on any atom is 0.255 e. The van der Waals surface area contributed by atoms with Crippen molar-refractivity contribution in [3.8, 4) is 5.75 Å². The number of nitrogens with zero attached hydrogens (tertiary/aromatic N) is 2. The zero-order valence-electron chi connectivity index (χ0n) is 10.4. The van der Waals surface area contributed by atoms with Crippen molar-refractivity contribution in [3.05, 3.63) is 58.9 Å². The van der Waals surface area contributed by atoms with Crippen LogP contribution in [0.15, 0.2) is 42.7 Å². The zero-order valence-corrected chi connectivity index (χ0v) is 11.1. The summed E-state index contributed by atoms with van der Waals surface area (Å²) in [6.45, 7) is 0.395. The molecule has 0 aliphatic heterocycles. The maximum absolute atomic E-state index is 12.2. The molecule has 0 unspecified atom stereocenters. The first-order valence-electron chi connectivity index (χ1n) is 5.71. The lowest BCUT2D eigenvalue weighted by Crippen LogP contribution is -2.26. The number of rotatable bonds is 3. The fourth-order valence-corrected chi connectivity index (χ4v) is 1.95. The van der Waals surface area contributed by atoms with Gasteiger partial charge in [0.2, 0.25) is 0 Å². The van der Waals surface area contributed by atoms with Crippen LogP contribution in [0, 0.1) is 0 Å². The van der Waals surface area contributed by atoms with E-state index in [9.17, 15) is 9.90 Å². The third kappa shape index (κ3) is 3.23. The molecule has 0 spiro atoms. The highest BCUT2D eigenvalue weighted by Gasteiger charge is 2.15. The largest absolute Gasteiger partial charge is 0.508 e. The zero-order chi connectivity index (χ0) is 13.8. The smallest absolute Gasteiger partial charge is 0.255 e. The van der Waals surface area contributed by atoms with Gasteiger partial charge in [-0.25, -0.2) is 0 Å². The predicted molar refractivity (Wildman–Crippen MR) is 73.2 cm³/mol. The van der Waals surface area contributed by atoms with Gasteiger partial charge < -0.3 is 10.0 Å². The predicted octanol–water partition coefficient (Wildman–Crippen LogP) is 2.71. The van der Waals surface area contributed by atoms with Crippen LogP contribution in [0.5, 0.6) is 5.75 Å². The number of halogens is 1. The molecule has 1 amide bonds. The van der Waals surface area contributed by atoms with Crippen molar-refractivity contribution in [2.75, 3.05) is 7.05 Å². The Hall–Kier alpha value is -2.07. The SMILES string of the molecule is CN(Cc1cccc(O)c1)C(=O)c1ccncc1Cl. The van der Waals surface area contributed by atoms with E-state index in [1.165, 1.54) is 17.3 Å². The Balaban J connectivity index is 2.14. The maximum atomic E-state index is 12.2. The summed E-state index contributed by atoms with van der Waals surface area (Å²) in [5.74, 6) is -0.00367. The number of phenols is 1. The molecule has 0 fully saturated rings. The topological polar surface area (TPSA) is 53.4 Å². The highest BCUT2D eigenvalue weighted by Crippen LogP contribution is 2.17. The molecule has 0 atom stereocenters. The van der Waals surface area contributed by atoms with E-state index in [4.69, 9.17) is 11.6 Å². The van der Waals surface area contributed by atoms with Crippen molar-refractivity contribution < 1.29 is 9.90 Å². The van der Waals surface area contributed by atoms with E-state index in [0.717, 1.165) is 5.56 Å². The lowest BCUT2D eigenvalue weighted by molar-refractivity contribution is 0.0785.